The van der Waals surface area contributed by atoms with E-state index in [1.165, 1.54) is 0 Å². The number of amides is 2. The molecule has 5 nitrogen and oxygen atoms in total. The molecule has 1 aliphatic rings. The highest BCUT2D eigenvalue weighted by molar-refractivity contribution is 8.14. The van der Waals surface area contributed by atoms with Crippen LogP contribution in [0, 0.1) is 0 Å². The highest BCUT2D eigenvalue weighted by Crippen LogP contribution is 2.19. The van der Waals surface area contributed by atoms with Crippen LogP contribution >= 0.6 is 23.4 Å². The van der Waals surface area contributed by atoms with Gasteiger partial charge in [-0.2, -0.15) is 0 Å². The minimum absolute atomic E-state index is 0.146. The van der Waals surface area contributed by atoms with Crippen molar-refractivity contribution in [1.82, 2.24) is 15.5 Å². The Morgan fingerprint density at radius 2 is 2.14 bits per heavy atom. The molecular weight excluding hydrogens is 310 g/mol. The molecule has 7 heteroatoms. The third-order valence-corrected chi connectivity index (χ3v) is 4.26. The lowest BCUT2D eigenvalue weighted by molar-refractivity contribution is -0.123. The second kappa shape index (κ2) is 7.15. The number of likely N-dealkylation sites (N-methyl/N-ethyl adjacent to an activating group) is 1. The molecule has 1 aromatic rings. The van der Waals surface area contributed by atoms with Crippen molar-refractivity contribution in [1.29, 1.82) is 0 Å². The molecule has 0 aliphatic carbocycles. The van der Waals surface area contributed by atoms with Gasteiger partial charge >= 0.3 is 0 Å². The third-order valence-electron chi connectivity index (χ3n) is 3.13. The van der Waals surface area contributed by atoms with Crippen LogP contribution in [0.3, 0.4) is 0 Å². The summed E-state index contributed by atoms with van der Waals surface area (Å²) < 4.78 is 0. The molecule has 0 spiro atoms. The minimum atomic E-state index is -0.459. The first-order chi connectivity index (χ1) is 9.95. The molecule has 2 amide bonds. The van der Waals surface area contributed by atoms with Crippen molar-refractivity contribution in [3.63, 3.8) is 0 Å². The van der Waals surface area contributed by atoms with Gasteiger partial charge in [0.1, 0.15) is 6.04 Å². The highest BCUT2D eigenvalue weighted by Gasteiger charge is 2.29. The van der Waals surface area contributed by atoms with E-state index >= 15 is 0 Å². The summed E-state index contributed by atoms with van der Waals surface area (Å²) in [6.45, 7) is 0.668. The smallest absolute Gasteiger partial charge is 0.279 e. The summed E-state index contributed by atoms with van der Waals surface area (Å²) in [5.41, 5.74) is 0.985. The molecule has 1 aromatic carbocycles. The Hall–Kier alpha value is -1.24. The zero-order valence-electron chi connectivity index (χ0n) is 11.9. The summed E-state index contributed by atoms with van der Waals surface area (Å²) >= 11 is 7.03. The molecule has 1 fully saturated rings. The number of carbonyl (C=O) groups excluding carboxylic acids is 2. The lowest BCUT2D eigenvalue weighted by Gasteiger charge is -2.24. The van der Waals surface area contributed by atoms with E-state index in [0.29, 0.717) is 17.3 Å². The monoisotopic (exact) mass is 327 g/mol. The van der Waals surface area contributed by atoms with Crippen molar-refractivity contribution in [3.8, 4) is 0 Å². The van der Waals surface area contributed by atoms with Crippen LogP contribution in [0.5, 0.6) is 0 Å². The van der Waals surface area contributed by atoms with Gasteiger partial charge in [-0.15, -0.1) is 0 Å². The summed E-state index contributed by atoms with van der Waals surface area (Å²) in [6.07, 6.45) is 0. The second-order valence-electron chi connectivity index (χ2n) is 5.17. The van der Waals surface area contributed by atoms with Gasteiger partial charge in [0.25, 0.3) is 5.24 Å². The molecule has 114 valence electrons. The largest absolute Gasteiger partial charge is 0.346 e. The average molecular weight is 328 g/mol. The first kappa shape index (κ1) is 16.1. The van der Waals surface area contributed by atoms with Crippen molar-refractivity contribution in [2.45, 2.75) is 12.1 Å². The fraction of sp³-hybridized carbons (Fsp3) is 0.429. The maximum atomic E-state index is 12.2. The SMILES string of the molecule is CN(C)CC(NC(=O)C1CSC(=O)N1)c1ccc(Cl)cc1. The van der Waals surface area contributed by atoms with E-state index in [2.05, 4.69) is 10.6 Å². The van der Waals surface area contributed by atoms with Crippen LogP contribution in [0.2, 0.25) is 5.02 Å². The van der Waals surface area contributed by atoms with Gasteiger partial charge < -0.3 is 15.5 Å². The number of nitrogens with zero attached hydrogens (tertiary/aromatic N) is 1. The van der Waals surface area contributed by atoms with Crippen molar-refractivity contribution in [3.05, 3.63) is 34.9 Å². The van der Waals surface area contributed by atoms with E-state index in [4.69, 9.17) is 11.6 Å². The quantitative estimate of drug-likeness (QED) is 0.867. The first-order valence-corrected chi connectivity index (χ1v) is 7.96. The van der Waals surface area contributed by atoms with Crippen molar-refractivity contribution >= 4 is 34.5 Å². The molecule has 0 bridgehead atoms. The maximum absolute atomic E-state index is 12.2. The number of carbonyl (C=O) groups is 2. The van der Waals surface area contributed by atoms with E-state index in [0.717, 1.165) is 17.3 Å². The van der Waals surface area contributed by atoms with Gasteiger partial charge in [0.2, 0.25) is 5.91 Å². The molecule has 2 rings (SSSR count). The molecule has 21 heavy (non-hydrogen) atoms. The van der Waals surface area contributed by atoms with Gasteiger partial charge in [-0.3, -0.25) is 9.59 Å². The van der Waals surface area contributed by atoms with Crippen molar-refractivity contribution in [2.75, 3.05) is 26.4 Å². The van der Waals surface area contributed by atoms with E-state index in [-0.39, 0.29) is 17.2 Å². The molecule has 0 aromatic heterocycles. The number of thioether (sulfide) groups is 1. The average Bonchev–Trinajstić information content (AvgIpc) is 2.85. The zero-order valence-corrected chi connectivity index (χ0v) is 13.5. The third kappa shape index (κ3) is 4.62. The van der Waals surface area contributed by atoms with Gasteiger partial charge in [-0.1, -0.05) is 35.5 Å². The Morgan fingerprint density at radius 3 is 2.67 bits per heavy atom. The number of hydrogen-bond donors (Lipinski definition) is 2. The van der Waals surface area contributed by atoms with E-state index in [1.54, 1.807) is 12.1 Å². The molecular formula is C14H18ClN3O2S. The fourth-order valence-electron chi connectivity index (χ4n) is 2.09. The standard InChI is InChI=1S/C14H18ClN3O2S/c1-18(2)7-11(9-3-5-10(15)6-4-9)16-13(19)12-8-21-14(20)17-12/h3-6,11-12H,7-8H2,1-2H3,(H,16,19)(H,17,20). The molecule has 0 radical (unpaired) electrons. The molecule has 1 heterocycles. The Morgan fingerprint density at radius 1 is 1.48 bits per heavy atom. The van der Waals surface area contributed by atoms with Crippen LogP contribution < -0.4 is 10.6 Å². The van der Waals surface area contributed by atoms with E-state index in [1.807, 2.05) is 31.1 Å². The summed E-state index contributed by atoms with van der Waals surface area (Å²) in [5.74, 6) is 0.315. The van der Waals surface area contributed by atoms with Crippen LogP contribution in [-0.4, -0.2) is 48.5 Å². The second-order valence-corrected chi connectivity index (χ2v) is 6.60. The van der Waals surface area contributed by atoms with E-state index in [9.17, 15) is 9.59 Å². The maximum Gasteiger partial charge on any atom is 0.279 e. The molecule has 0 saturated carbocycles. The topological polar surface area (TPSA) is 61.4 Å². The molecule has 1 saturated heterocycles. The predicted molar refractivity (Wildman–Crippen MR) is 85.7 cm³/mol. The normalized spacial score (nSPS) is 19.4. The Bertz CT molecular complexity index is 521. The van der Waals surface area contributed by atoms with Gasteiger partial charge in [0.15, 0.2) is 0 Å². The van der Waals surface area contributed by atoms with Gasteiger partial charge in [0.05, 0.1) is 6.04 Å². The lowest BCUT2D eigenvalue weighted by atomic mass is 10.1. The molecule has 2 atom stereocenters. The summed E-state index contributed by atoms with van der Waals surface area (Å²) in [6, 6.07) is 6.81. The molecule has 2 unspecified atom stereocenters. The first-order valence-electron chi connectivity index (χ1n) is 6.59. The van der Waals surface area contributed by atoms with Crippen molar-refractivity contribution in [2.24, 2.45) is 0 Å². The number of halogens is 1. The van der Waals surface area contributed by atoms with Crippen LogP contribution in [0.1, 0.15) is 11.6 Å². The minimum Gasteiger partial charge on any atom is -0.346 e. The van der Waals surface area contributed by atoms with E-state index < -0.39 is 6.04 Å². The van der Waals surface area contributed by atoms with Crippen LogP contribution in [0.15, 0.2) is 24.3 Å². The highest BCUT2D eigenvalue weighted by atomic mass is 35.5. The lowest BCUT2D eigenvalue weighted by Crippen LogP contribution is -2.46. The molecule has 1 aliphatic heterocycles. The number of benzene rings is 1. The Kier molecular flexibility index (Phi) is 5.50. The Labute approximate surface area is 133 Å². The predicted octanol–water partition coefficient (Wildman–Crippen LogP) is 1.88. The number of rotatable bonds is 5. The Balaban J connectivity index is 2.07. The zero-order chi connectivity index (χ0) is 15.4. The van der Waals surface area contributed by atoms with Gasteiger partial charge in [-0.25, -0.2) is 0 Å². The number of hydrogen-bond acceptors (Lipinski definition) is 4. The van der Waals surface area contributed by atoms with Crippen molar-refractivity contribution < 1.29 is 9.59 Å². The summed E-state index contributed by atoms with van der Waals surface area (Å²) in [7, 11) is 3.89. The molecule has 2 N–H and O–H groups in total. The van der Waals surface area contributed by atoms with Crippen LogP contribution in [0.4, 0.5) is 4.79 Å². The number of nitrogens with one attached hydrogen (secondary N) is 2. The van der Waals surface area contributed by atoms with Gasteiger partial charge in [-0.05, 0) is 31.8 Å². The van der Waals surface area contributed by atoms with Gasteiger partial charge in [0, 0.05) is 17.3 Å². The van der Waals surface area contributed by atoms with Crippen LogP contribution in [0.25, 0.3) is 0 Å². The fourth-order valence-corrected chi connectivity index (χ4v) is 3.00. The summed E-state index contributed by atoms with van der Waals surface area (Å²) in [5, 5.41) is 6.16. The van der Waals surface area contributed by atoms with Crippen LogP contribution in [-0.2, 0) is 4.79 Å². The summed E-state index contributed by atoms with van der Waals surface area (Å²) in [4.78, 5) is 25.4.